The third kappa shape index (κ3) is 11.2. The van der Waals surface area contributed by atoms with Crippen molar-refractivity contribution in [3.05, 3.63) is 71.8 Å². The van der Waals surface area contributed by atoms with Crippen molar-refractivity contribution >= 4 is 52.4 Å². The van der Waals surface area contributed by atoms with E-state index in [2.05, 4.69) is 50.8 Å². The van der Waals surface area contributed by atoms with E-state index in [1.54, 1.807) is 17.1 Å². The summed E-state index contributed by atoms with van der Waals surface area (Å²) < 4.78 is 71.7. The molecule has 21 nitrogen and oxygen atoms in total. The molecular weight excluding hydrogens is 923 g/mol. The highest BCUT2D eigenvalue weighted by Gasteiger charge is 2.30. The number of aromatic nitrogens is 10. The molecule has 10 rings (SSSR count). The first-order chi connectivity index (χ1) is 34.1. The van der Waals surface area contributed by atoms with Crippen LogP contribution in [0.1, 0.15) is 108 Å². The number of halogens is 4. The van der Waals surface area contributed by atoms with Gasteiger partial charge in [0.25, 0.3) is 24.7 Å². The van der Waals surface area contributed by atoms with Gasteiger partial charge in [0.2, 0.25) is 0 Å². The van der Waals surface area contributed by atoms with Gasteiger partial charge < -0.3 is 45.5 Å². The van der Waals surface area contributed by atoms with Gasteiger partial charge >= 0.3 is 0 Å². The smallest absolute Gasteiger partial charge is 0.284 e. The van der Waals surface area contributed by atoms with E-state index in [1.165, 1.54) is 38.5 Å². The van der Waals surface area contributed by atoms with E-state index in [0.717, 1.165) is 39.1 Å². The maximum absolute atomic E-state index is 13.7. The lowest BCUT2D eigenvalue weighted by Gasteiger charge is -2.27. The number of hydrogen-bond donors (Lipinski definition) is 4. The van der Waals surface area contributed by atoms with Gasteiger partial charge in [0.15, 0.2) is 22.7 Å². The van der Waals surface area contributed by atoms with E-state index in [1.807, 2.05) is 12.1 Å². The molecule has 2 saturated heterocycles. The molecule has 2 aliphatic heterocycles. The summed E-state index contributed by atoms with van der Waals surface area (Å²) in [4.78, 5) is 50.5. The summed E-state index contributed by atoms with van der Waals surface area (Å²) in [6.45, 7) is 5.80. The van der Waals surface area contributed by atoms with Gasteiger partial charge in [-0.25, -0.2) is 36.6 Å². The zero-order chi connectivity index (χ0) is 49.3. The van der Waals surface area contributed by atoms with Crippen molar-refractivity contribution in [3.8, 4) is 0 Å². The molecule has 25 heteroatoms. The molecule has 2 saturated carbocycles. The minimum absolute atomic E-state index is 0.00429. The van der Waals surface area contributed by atoms with Gasteiger partial charge in [-0.15, -0.1) is 0 Å². The van der Waals surface area contributed by atoms with Crippen LogP contribution in [0.4, 0.5) is 40.6 Å². The number of nitrogens with one attached hydrogen (secondary N) is 2. The summed E-state index contributed by atoms with van der Waals surface area (Å²) in [6.07, 6.45) is 10.7. The minimum atomic E-state index is -2.85. The van der Waals surface area contributed by atoms with E-state index < -0.39 is 36.1 Å². The normalized spacial score (nSPS) is 20.8. The second-order valence-electron chi connectivity index (χ2n) is 17.4. The highest BCUT2D eigenvalue weighted by Crippen LogP contribution is 2.36. The average Bonchev–Trinajstić information content (AvgIpc) is 4.23. The van der Waals surface area contributed by atoms with Gasteiger partial charge in [-0.2, -0.15) is 20.4 Å². The van der Waals surface area contributed by atoms with Gasteiger partial charge in [-0.05, 0) is 76.0 Å². The summed E-state index contributed by atoms with van der Waals surface area (Å²) in [5, 5.41) is 28.7. The summed E-state index contributed by atoms with van der Waals surface area (Å²) in [5.74, 6) is 0.719. The van der Waals surface area contributed by atoms with E-state index in [9.17, 15) is 31.9 Å². The molecule has 0 spiro atoms. The summed E-state index contributed by atoms with van der Waals surface area (Å²) in [7, 11) is 1.00. The van der Waals surface area contributed by atoms with Gasteiger partial charge in [0.1, 0.15) is 29.0 Å². The minimum Gasteiger partial charge on any atom is -0.400 e. The number of nitrogens with two attached hydrogens (primary N) is 1. The van der Waals surface area contributed by atoms with E-state index in [-0.39, 0.29) is 40.5 Å². The molecule has 2 amide bonds. The molecule has 0 radical (unpaired) electrons. The number of hydrogen-bond acceptors (Lipinski definition) is 15. The SMILES string of the molecule is CO.NCC1CCC(n2cc(NC(=O)c3cnn4ccc(N5CCOCC5)nc34)c(C(F)F)n2)CC1.O=CC1CCC(n2cc(NC(=O)c3cnn4ccc(N5CCOCC5)nc34)c(C(F)F)n2)CC1. The molecule has 4 aliphatic rings. The Bertz CT molecular complexity index is 2700. The van der Waals surface area contributed by atoms with Crippen molar-refractivity contribution in [2.75, 3.05) is 86.7 Å². The van der Waals surface area contributed by atoms with Crippen molar-refractivity contribution in [3.63, 3.8) is 0 Å². The Kier molecular flexibility index (Phi) is 16.3. The van der Waals surface area contributed by atoms with Crippen LogP contribution in [0.3, 0.4) is 0 Å². The molecule has 0 unspecified atom stereocenters. The molecule has 0 bridgehead atoms. The van der Waals surface area contributed by atoms with Crippen LogP contribution >= 0.6 is 0 Å². The number of rotatable bonds is 12. The highest BCUT2D eigenvalue weighted by molar-refractivity contribution is 6.09. The van der Waals surface area contributed by atoms with Gasteiger partial charge in [0, 0.05) is 64.0 Å². The van der Waals surface area contributed by atoms with Crippen LogP contribution in [0.5, 0.6) is 0 Å². The Balaban J connectivity index is 0.000000182. The highest BCUT2D eigenvalue weighted by atomic mass is 19.3. The average molecular weight is 980 g/mol. The van der Waals surface area contributed by atoms with Crippen LogP contribution in [-0.2, 0) is 14.3 Å². The van der Waals surface area contributed by atoms with Crippen molar-refractivity contribution in [2.45, 2.75) is 76.3 Å². The molecule has 0 atom stereocenters. The molecule has 376 valence electrons. The number of morpholine rings is 2. The number of anilines is 4. The van der Waals surface area contributed by atoms with Crippen LogP contribution in [0.25, 0.3) is 11.3 Å². The van der Waals surface area contributed by atoms with Crippen LogP contribution < -0.4 is 26.2 Å². The molecule has 6 aromatic heterocycles. The summed E-state index contributed by atoms with van der Waals surface area (Å²) >= 11 is 0. The predicted octanol–water partition coefficient (Wildman–Crippen LogP) is 5.13. The first kappa shape index (κ1) is 49.8. The third-order valence-corrected chi connectivity index (χ3v) is 13.1. The van der Waals surface area contributed by atoms with Crippen molar-refractivity contribution in [2.24, 2.45) is 17.6 Å². The van der Waals surface area contributed by atoms with Crippen molar-refractivity contribution in [1.82, 2.24) is 48.8 Å². The first-order valence-electron chi connectivity index (χ1n) is 23.4. The van der Waals surface area contributed by atoms with E-state index in [0.29, 0.717) is 114 Å². The van der Waals surface area contributed by atoms with E-state index >= 15 is 0 Å². The molecule has 5 N–H and O–H groups in total. The van der Waals surface area contributed by atoms with Crippen LogP contribution in [0, 0.1) is 11.8 Å². The third-order valence-electron chi connectivity index (χ3n) is 13.1. The first-order valence-corrected chi connectivity index (χ1v) is 23.4. The van der Waals surface area contributed by atoms with Gasteiger partial charge in [-0.3, -0.25) is 19.0 Å². The lowest BCUT2D eigenvalue weighted by atomic mass is 9.86. The Hall–Kier alpha value is -6.57. The lowest BCUT2D eigenvalue weighted by molar-refractivity contribution is -0.112. The fraction of sp³-hybridized carbons (Fsp3) is 0.533. The summed E-state index contributed by atoms with van der Waals surface area (Å²) in [6, 6.07) is 3.56. The van der Waals surface area contributed by atoms with E-state index in [4.69, 9.17) is 20.3 Å². The molecule has 8 heterocycles. The maximum Gasteiger partial charge on any atom is 0.284 e. The van der Waals surface area contributed by atoms with Crippen LogP contribution in [0.2, 0.25) is 0 Å². The van der Waals surface area contributed by atoms with Gasteiger partial charge in [0.05, 0.1) is 62.3 Å². The zero-order valence-corrected chi connectivity index (χ0v) is 38.6. The fourth-order valence-electron chi connectivity index (χ4n) is 9.20. The lowest BCUT2D eigenvalue weighted by Crippen LogP contribution is -2.36. The number of ether oxygens (including phenoxy) is 2. The Morgan fingerprint density at radius 3 is 1.50 bits per heavy atom. The number of carbonyl (C=O) groups is 3. The fourth-order valence-corrected chi connectivity index (χ4v) is 9.20. The second-order valence-corrected chi connectivity index (χ2v) is 17.4. The Morgan fingerprint density at radius 1 is 0.700 bits per heavy atom. The standard InChI is InChI=1S/C22H28F2N8O2.C22H25F2N7O3.CH4O/c23-20(24)19-17(13-32(29-19)15-3-1-14(11-25)2-4-15)27-22(33)16-12-26-31-6-5-18(28-21(16)31)30-7-9-34-10-8-30;23-20(24)19-17(12-31(28-19)15-3-1-14(13-32)2-4-15)26-22(33)16-11-25-30-6-5-18(27-21(16)30)29-7-9-34-10-8-29;1-2/h5-6,12-15,20H,1-4,7-11,25H2,(H,27,33);5-6,11-15,20H,1-4,7-10H2,(H,26,33);2H,1H3. The number of nitrogens with zero attached hydrogens (tertiary/aromatic N) is 12. The molecule has 2 aliphatic carbocycles. The Labute approximate surface area is 399 Å². The number of carbonyl (C=O) groups excluding carboxylic acids is 3. The largest absolute Gasteiger partial charge is 0.400 e. The summed E-state index contributed by atoms with van der Waals surface area (Å²) in [5.41, 5.74) is 5.87. The molecule has 4 fully saturated rings. The second kappa shape index (κ2) is 22.9. The van der Waals surface area contributed by atoms with Crippen molar-refractivity contribution < 1.29 is 46.5 Å². The number of amides is 2. The topological polar surface area (TPSA) is 242 Å². The zero-order valence-electron chi connectivity index (χ0n) is 38.6. The van der Waals surface area contributed by atoms with Gasteiger partial charge in [-0.1, -0.05) is 0 Å². The monoisotopic (exact) mass is 979 g/mol. The number of aldehydes is 1. The van der Waals surface area contributed by atoms with Crippen LogP contribution in [0.15, 0.2) is 49.3 Å². The molecular formula is C45H57F4N15O6. The van der Waals surface area contributed by atoms with Crippen molar-refractivity contribution in [1.29, 1.82) is 0 Å². The number of aliphatic hydroxyl groups excluding tert-OH is 1. The maximum atomic E-state index is 13.7. The quantitative estimate of drug-likeness (QED) is 0.0918. The number of aliphatic hydroxyl groups is 1. The molecule has 0 aromatic carbocycles. The van der Waals surface area contributed by atoms with Crippen LogP contribution in [-0.4, -0.2) is 138 Å². The molecule has 70 heavy (non-hydrogen) atoms. The predicted molar refractivity (Wildman–Crippen MR) is 248 cm³/mol. The number of alkyl halides is 4. The number of fused-ring (bicyclic) bond motifs is 2. The molecule has 6 aromatic rings. The Morgan fingerprint density at radius 2 is 1.11 bits per heavy atom.